The molecule has 0 aromatic heterocycles. The summed E-state index contributed by atoms with van der Waals surface area (Å²) in [6, 6.07) is 6.40. The van der Waals surface area contributed by atoms with Gasteiger partial charge in [-0.3, -0.25) is 9.89 Å². The summed E-state index contributed by atoms with van der Waals surface area (Å²) in [5.41, 5.74) is 1.13. The fraction of sp³-hybridized carbons (Fsp3) is 0.682. The van der Waals surface area contributed by atoms with E-state index in [1.807, 2.05) is 13.1 Å². The lowest BCUT2D eigenvalue weighted by Crippen LogP contribution is -2.50. The predicted octanol–water partition coefficient (Wildman–Crippen LogP) is 1.70. The Bertz CT molecular complexity index is 674. The third-order valence-corrected chi connectivity index (χ3v) is 6.09. The van der Waals surface area contributed by atoms with Crippen molar-refractivity contribution in [3.8, 4) is 11.5 Å². The van der Waals surface area contributed by atoms with Gasteiger partial charge in [-0.2, -0.15) is 0 Å². The van der Waals surface area contributed by atoms with Crippen LogP contribution in [-0.2, 0) is 0 Å². The van der Waals surface area contributed by atoms with Crippen LogP contribution in [0.4, 0.5) is 5.69 Å². The zero-order chi connectivity index (χ0) is 21.3. The van der Waals surface area contributed by atoms with Crippen molar-refractivity contribution < 1.29 is 9.47 Å². The predicted molar refractivity (Wildman–Crippen MR) is 139 cm³/mol. The van der Waals surface area contributed by atoms with Gasteiger partial charge in [0, 0.05) is 89.3 Å². The molecule has 0 radical (unpaired) electrons. The number of guanidine groups is 1. The van der Waals surface area contributed by atoms with Crippen LogP contribution in [0.3, 0.4) is 0 Å². The van der Waals surface area contributed by atoms with Crippen molar-refractivity contribution in [2.75, 3.05) is 85.1 Å². The number of benzene rings is 1. The first kappa shape index (κ1) is 25.8. The van der Waals surface area contributed by atoms with Crippen LogP contribution in [0.1, 0.15) is 13.3 Å². The normalized spacial score (nSPS) is 20.3. The highest BCUT2D eigenvalue weighted by atomic mass is 127. The number of aliphatic imine (C=N–C) groups is 1. The van der Waals surface area contributed by atoms with E-state index in [1.165, 1.54) is 13.1 Å². The van der Waals surface area contributed by atoms with Gasteiger partial charge in [-0.15, -0.1) is 24.0 Å². The first-order valence-corrected chi connectivity index (χ1v) is 11.0. The molecule has 0 amide bonds. The summed E-state index contributed by atoms with van der Waals surface area (Å²) >= 11 is 0. The highest BCUT2D eigenvalue weighted by Crippen LogP contribution is 2.30. The standard InChI is InChI=1S/C22H38N6O2.HI/c1-5-26-10-12-27(13-11-26)9-7-24-22(23-2)25-18-6-8-28(17-18)19-14-20(29-3)16-21(15-19)30-4;/h14-16,18H,5-13,17H2,1-4H3,(H2,23,24,25);1H. The fourth-order valence-electron chi connectivity index (χ4n) is 4.14. The van der Waals surface area contributed by atoms with Gasteiger partial charge in [0.25, 0.3) is 0 Å². The number of rotatable bonds is 8. The van der Waals surface area contributed by atoms with E-state index in [9.17, 15) is 0 Å². The number of likely N-dealkylation sites (N-methyl/N-ethyl adjacent to an activating group) is 1. The molecule has 1 unspecified atom stereocenters. The summed E-state index contributed by atoms with van der Waals surface area (Å²) in [4.78, 5) is 11.8. The molecule has 0 aliphatic carbocycles. The highest BCUT2D eigenvalue weighted by molar-refractivity contribution is 14.0. The van der Waals surface area contributed by atoms with Gasteiger partial charge in [0.05, 0.1) is 14.2 Å². The number of hydrogen-bond donors (Lipinski definition) is 2. The molecule has 3 rings (SSSR count). The maximum absolute atomic E-state index is 5.41. The molecule has 2 aliphatic rings. The van der Waals surface area contributed by atoms with E-state index < -0.39 is 0 Å². The molecule has 2 fully saturated rings. The summed E-state index contributed by atoms with van der Waals surface area (Å²) in [5, 5.41) is 7.07. The van der Waals surface area contributed by atoms with Gasteiger partial charge in [-0.1, -0.05) is 6.92 Å². The minimum atomic E-state index is 0. The van der Waals surface area contributed by atoms with Crippen LogP contribution in [0.2, 0.25) is 0 Å². The van der Waals surface area contributed by atoms with E-state index in [2.05, 4.69) is 49.4 Å². The van der Waals surface area contributed by atoms with Crippen molar-refractivity contribution in [2.45, 2.75) is 19.4 Å². The Morgan fingerprint density at radius 2 is 1.68 bits per heavy atom. The monoisotopic (exact) mass is 546 g/mol. The van der Waals surface area contributed by atoms with Crippen LogP contribution in [0.25, 0.3) is 0 Å². The number of halogens is 1. The lowest BCUT2D eigenvalue weighted by Gasteiger charge is -2.34. The van der Waals surface area contributed by atoms with Gasteiger partial charge in [-0.25, -0.2) is 0 Å². The van der Waals surface area contributed by atoms with Crippen molar-refractivity contribution in [1.82, 2.24) is 20.4 Å². The second-order valence-corrected chi connectivity index (χ2v) is 7.92. The van der Waals surface area contributed by atoms with E-state index in [0.717, 1.165) is 75.4 Å². The molecule has 2 heterocycles. The molecule has 0 spiro atoms. The zero-order valence-corrected chi connectivity index (χ0v) is 21.7. The van der Waals surface area contributed by atoms with E-state index in [4.69, 9.17) is 9.47 Å². The molecule has 0 saturated carbocycles. The molecule has 9 heteroatoms. The summed E-state index contributed by atoms with van der Waals surface area (Å²) in [5.74, 6) is 2.52. The molecule has 2 N–H and O–H groups in total. The Labute approximate surface area is 204 Å². The van der Waals surface area contributed by atoms with Gasteiger partial charge in [-0.05, 0) is 13.0 Å². The van der Waals surface area contributed by atoms with Crippen LogP contribution in [0.5, 0.6) is 11.5 Å². The molecule has 176 valence electrons. The molecule has 31 heavy (non-hydrogen) atoms. The molecule has 1 aromatic carbocycles. The summed E-state index contributed by atoms with van der Waals surface area (Å²) in [6.07, 6.45) is 1.07. The average molecular weight is 546 g/mol. The third-order valence-electron chi connectivity index (χ3n) is 6.09. The smallest absolute Gasteiger partial charge is 0.191 e. The number of anilines is 1. The minimum absolute atomic E-state index is 0. The largest absolute Gasteiger partial charge is 0.497 e. The Morgan fingerprint density at radius 3 is 2.26 bits per heavy atom. The van der Waals surface area contributed by atoms with Crippen LogP contribution in [0, 0.1) is 0 Å². The van der Waals surface area contributed by atoms with Crippen LogP contribution in [-0.4, -0.2) is 102 Å². The Balaban J connectivity index is 0.00000341. The number of methoxy groups -OCH3 is 2. The van der Waals surface area contributed by atoms with Gasteiger partial charge >= 0.3 is 0 Å². The number of ether oxygens (including phenoxy) is 2. The molecule has 1 aromatic rings. The van der Waals surface area contributed by atoms with Gasteiger partial charge in [0.1, 0.15) is 11.5 Å². The lowest BCUT2D eigenvalue weighted by molar-refractivity contribution is 0.139. The highest BCUT2D eigenvalue weighted by Gasteiger charge is 2.24. The number of piperazine rings is 1. The molecule has 8 nitrogen and oxygen atoms in total. The quantitative estimate of drug-likeness (QED) is 0.293. The Morgan fingerprint density at radius 1 is 1.03 bits per heavy atom. The first-order chi connectivity index (χ1) is 14.6. The summed E-state index contributed by atoms with van der Waals surface area (Å²) in [6.45, 7) is 11.9. The van der Waals surface area contributed by atoms with Crippen molar-refractivity contribution in [3.05, 3.63) is 18.2 Å². The van der Waals surface area contributed by atoms with E-state index >= 15 is 0 Å². The van der Waals surface area contributed by atoms with Crippen molar-refractivity contribution >= 4 is 35.6 Å². The average Bonchev–Trinajstić information content (AvgIpc) is 3.27. The van der Waals surface area contributed by atoms with Crippen molar-refractivity contribution in [2.24, 2.45) is 4.99 Å². The van der Waals surface area contributed by atoms with Gasteiger partial charge in [0.2, 0.25) is 0 Å². The second kappa shape index (κ2) is 13.2. The summed E-state index contributed by atoms with van der Waals surface area (Å²) < 4.78 is 10.8. The number of nitrogens with zero attached hydrogens (tertiary/aromatic N) is 4. The Kier molecular flexibility index (Phi) is 11.0. The van der Waals surface area contributed by atoms with Crippen LogP contribution >= 0.6 is 24.0 Å². The van der Waals surface area contributed by atoms with Crippen molar-refractivity contribution in [1.29, 1.82) is 0 Å². The van der Waals surface area contributed by atoms with Crippen LogP contribution in [0.15, 0.2) is 23.2 Å². The molecule has 1 atom stereocenters. The third kappa shape index (κ3) is 7.57. The van der Waals surface area contributed by atoms with E-state index in [1.54, 1.807) is 14.2 Å². The maximum Gasteiger partial charge on any atom is 0.191 e. The second-order valence-electron chi connectivity index (χ2n) is 7.92. The SMILES string of the molecule is CCN1CCN(CCNC(=NC)NC2CCN(c3cc(OC)cc(OC)c3)C2)CC1.I. The lowest BCUT2D eigenvalue weighted by atomic mass is 10.2. The molecule has 2 aliphatic heterocycles. The van der Waals surface area contributed by atoms with Gasteiger partial charge < -0.3 is 29.9 Å². The minimum Gasteiger partial charge on any atom is -0.497 e. The van der Waals surface area contributed by atoms with Crippen LogP contribution < -0.4 is 25.0 Å². The molecule has 0 bridgehead atoms. The first-order valence-electron chi connectivity index (χ1n) is 11.0. The summed E-state index contributed by atoms with van der Waals surface area (Å²) in [7, 11) is 5.22. The number of nitrogens with one attached hydrogen (secondary N) is 2. The molecular formula is C22H39IN6O2. The maximum atomic E-state index is 5.41. The van der Waals surface area contributed by atoms with Crippen molar-refractivity contribution in [3.63, 3.8) is 0 Å². The topological polar surface area (TPSA) is 64.6 Å². The number of hydrogen-bond acceptors (Lipinski definition) is 6. The van der Waals surface area contributed by atoms with Gasteiger partial charge in [0.15, 0.2) is 5.96 Å². The molecular weight excluding hydrogens is 507 g/mol. The van der Waals surface area contributed by atoms with E-state index in [-0.39, 0.29) is 24.0 Å². The van der Waals surface area contributed by atoms with E-state index in [0.29, 0.717) is 6.04 Å². The molecule has 2 saturated heterocycles. The Hall–Kier alpha value is -1.46. The zero-order valence-electron chi connectivity index (χ0n) is 19.4. The fourth-order valence-corrected chi connectivity index (χ4v) is 4.14.